The van der Waals surface area contributed by atoms with Crippen LogP contribution in [0.1, 0.15) is 31.9 Å². The number of hydrogen-bond donors (Lipinski definition) is 1. The molecule has 106 valence electrons. The molecule has 2 aromatic rings. The Morgan fingerprint density at radius 1 is 0.900 bits per heavy atom. The highest BCUT2D eigenvalue weighted by atomic mass is 16.5. The molecule has 0 saturated carbocycles. The monoisotopic (exact) mass is 269 g/mol. The maximum absolute atomic E-state index is 5.71. The summed E-state index contributed by atoms with van der Waals surface area (Å²) in [5, 5.41) is 0. The molecule has 20 heavy (non-hydrogen) atoms. The van der Waals surface area contributed by atoms with Crippen molar-refractivity contribution in [3.63, 3.8) is 0 Å². The molecule has 2 rings (SSSR count). The quantitative estimate of drug-likeness (QED) is 0.845. The Kier molecular flexibility index (Phi) is 4.33. The van der Waals surface area contributed by atoms with E-state index in [1.807, 2.05) is 24.3 Å². The zero-order chi connectivity index (χ0) is 14.6. The zero-order valence-electron chi connectivity index (χ0n) is 12.5. The third-order valence-corrected chi connectivity index (χ3v) is 3.36. The Bertz CT molecular complexity index is 535. The third kappa shape index (κ3) is 4.02. The molecule has 0 atom stereocenters. The lowest BCUT2D eigenvalue weighted by molar-refractivity contribution is 0.322. The van der Waals surface area contributed by atoms with Gasteiger partial charge in [0.1, 0.15) is 5.75 Å². The van der Waals surface area contributed by atoms with Crippen LogP contribution in [0.15, 0.2) is 48.5 Å². The molecule has 0 saturated heterocycles. The fourth-order valence-electron chi connectivity index (χ4n) is 2.02. The van der Waals surface area contributed by atoms with Gasteiger partial charge in [0.05, 0.1) is 6.61 Å². The predicted octanol–water partition coefficient (Wildman–Crippen LogP) is 4.19. The Morgan fingerprint density at radius 3 is 2.05 bits per heavy atom. The SMILES string of the molecule is CC(C)(C)c1ccc(CCOc2ccc(N)cc2)cc1. The molecule has 0 bridgehead atoms. The van der Waals surface area contributed by atoms with Gasteiger partial charge in [0, 0.05) is 12.1 Å². The van der Waals surface area contributed by atoms with Crippen molar-refractivity contribution in [2.45, 2.75) is 32.6 Å². The molecule has 2 nitrogen and oxygen atoms in total. The van der Waals surface area contributed by atoms with E-state index in [0.717, 1.165) is 17.9 Å². The number of benzene rings is 2. The van der Waals surface area contributed by atoms with Crippen molar-refractivity contribution in [2.24, 2.45) is 0 Å². The van der Waals surface area contributed by atoms with Gasteiger partial charge in [-0.25, -0.2) is 0 Å². The summed E-state index contributed by atoms with van der Waals surface area (Å²) in [6.45, 7) is 7.36. The first-order valence-corrected chi connectivity index (χ1v) is 7.03. The van der Waals surface area contributed by atoms with Gasteiger partial charge in [-0.15, -0.1) is 0 Å². The van der Waals surface area contributed by atoms with Crippen LogP contribution in [0.3, 0.4) is 0 Å². The van der Waals surface area contributed by atoms with Gasteiger partial charge < -0.3 is 10.5 Å². The van der Waals surface area contributed by atoms with E-state index < -0.39 is 0 Å². The first kappa shape index (κ1) is 14.4. The van der Waals surface area contributed by atoms with Gasteiger partial charge in [0.2, 0.25) is 0 Å². The van der Waals surface area contributed by atoms with E-state index in [4.69, 9.17) is 10.5 Å². The first-order valence-electron chi connectivity index (χ1n) is 7.03. The molecule has 0 spiro atoms. The minimum atomic E-state index is 0.207. The zero-order valence-corrected chi connectivity index (χ0v) is 12.5. The van der Waals surface area contributed by atoms with Crippen molar-refractivity contribution in [1.82, 2.24) is 0 Å². The summed E-state index contributed by atoms with van der Waals surface area (Å²) in [6, 6.07) is 16.3. The van der Waals surface area contributed by atoms with E-state index in [-0.39, 0.29) is 5.41 Å². The summed E-state index contributed by atoms with van der Waals surface area (Å²) in [5.41, 5.74) is 9.27. The third-order valence-electron chi connectivity index (χ3n) is 3.36. The van der Waals surface area contributed by atoms with Crippen molar-refractivity contribution in [1.29, 1.82) is 0 Å². The van der Waals surface area contributed by atoms with Crippen LogP contribution in [-0.2, 0) is 11.8 Å². The molecule has 0 unspecified atom stereocenters. The van der Waals surface area contributed by atoms with Crippen LogP contribution in [-0.4, -0.2) is 6.61 Å². The van der Waals surface area contributed by atoms with Crippen LogP contribution < -0.4 is 10.5 Å². The lowest BCUT2D eigenvalue weighted by atomic mass is 9.86. The van der Waals surface area contributed by atoms with E-state index in [1.54, 1.807) is 0 Å². The van der Waals surface area contributed by atoms with Gasteiger partial charge >= 0.3 is 0 Å². The lowest BCUT2D eigenvalue weighted by Crippen LogP contribution is -2.11. The Morgan fingerprint density at radius 2 is 1.50 bits per heavy atom. The maximum atomic E-state index is 5.71. The van der Waals surface area contributed by atoms with Gasteiger partial charge in [-0.3, -0.25) is 0 Å². The van der Waals surface area contributed by atoms with Crippen LogP contribution >= 0.6 is 0 Å². The van der Waals surface area contributed by atoms with Crippen molar-refractivity contribution in [3.05, 3.63) is 59.7 Å². The predicted molar refractivity (Wildman–Crippen MR) is 85.2 cm³/mol. The van der Waals surface area contributed by atoms with E-state index >= 15 is 0 Å². The molecule has 0 radical (unpaired) electrons. The van der Waals surface area contributed by atoms with Crippen molar-refractivity contribution >= 4 is 5.69 Å². The minimum absolute atomic E-state index is 0.207. The largest absolute Gasteiger partial charge is 0.493 e. The molecular formula is C18H23NO. The summed E-state index contributed by atoms with van der Waals surface area (Å²) in [5.74, 6) is 0.866. The fraction of sp³-hybridized carbons (Fsp3) is 0.333. The van der Waals surface area contributed by atoms with E-state index in [1.165, 1.54) is 11.1 Å². The number of hydrogen-bond acceptors (Lipinski definition) is 2. The summed E-state index contributed by atoms with van der Waals surface area (Å²) >= 11 is 0. The molecule has 0 fully saturated rings. The highest BCUT2D eigenvalue weighted by molar-refractivity contribution is 5.41. The van der Waals surface area contributed by atoms with Crippen LogP contribution in [0.5, 0.6) is 5.75 Å². The average Bonchev–Trinajstić information content (AvgIpc) is 2.41. The Balaban J connectivity index is 1.87. The number of nitrogens with two attached hydrogens (primary N) is 1. The van der Waals surface area contributed by atoms with Crippen molar-refractivity contribution in [3.8, 4) is 5.75 Å². The lowest BCUT2D eigenvalue weighted by Gasteiger charge is -2.19. The number of ether oxygens (including phenoxy) is 1. The van der Waals surface area contributed by atoms with E-state index in [0.29, 0.717) is 6.61 Å². The van der Waals surface area contributed by atoms with Gasteiger partial charge in [-0.2, -0.15) is 0 Å². The van der Waals surface area contributed by atoms with Crippen molar-refractivity contribution in [2.75, 3.05) is 12.3 Å². The normalized spacial score (nSPS) is 11.3. The van der Waals surface area contributed by atoms with Crippen LogP contribution in [0.4, 0.5) is 5.69 Å². The number of rotatable bonds is 4. The smallest absolute Gasteiger partial charge is 0.119 e. The van der Waals surface area contributed by atoms with Gasteiger partial charge in [-0.1, -0.05) is 45.0 Å². The van der Waals surface area contributed by atoms with Crippen LogP contribution in [0.2, 0.25) is 0 Å². The van der Waals surface area contributed by atoms with Crippen molar-refractivity contribution < 1.29 is 4.74 Å². The summed E-state index contributed by atoms with van der Waals surface area (Å²) in [7, 11) is 0. The second-order valence-corrected chi connectivity index (χ2v) is 6.11. The van der Waals surface area contributed by atoms with E-state index in [9.17, 15) is 0 Å². The molecule has 0 aliphatic rings. The molecule has 0 aromatic heterocycles. The molecule has 0 amide bonds. The van der Waals surface area contributed by atoms with Gasteiger partial charge in [0.15, 0.2) is 0 Å². The standard InChI is InChI=1S/C18H23NO/c1-18(2,3)15-6-4-14(5-7-15)12-13-20-17-10-8-16(19)9-11-17/h4-11H,12-13,19H2,1-3H3. The second-order valence-electron chi connectivity index (χ2n) is 6.11. The Hall–Kier alpha value is -1.96. The van der Waals surface area contributed by atoms with Gasteiger partial charge in [-0.05, 0) is 40.8 Å². The topological polar surface area (TPSA) is 35.2 Å². The van der Waals surface area contributed by atoms with Crippen LogP contribution in [0, 0.1) is 0 Å². The number of nitrogen functional groups attached to an aromatic ring is 1. The molecule has 2 aromatic carbocycles. The average molecular weight is 269 g/mol. The molecule has 2 heteroatoms. The molecule has 2 N–H and O–H groups in total. The molecular weight excluding hydrogens is 246 g/mol. The number of anilines is 1. The summed E-state index contributed by atoms with van der Waals surface area (Å²) in [4.78, 5) is 0. The molecule has 0 aliphatic heterocycles. The first-order chi connectivity index (χ1) is 9.45. The van der Waals surface area contributed by atoms with Gasteiger partial charge in [0.25, 0.3) is 0 Å². The molecule has 0 heterocycles. The van der Waals surface area contributed by atoms with Crippen LogP contribution in [0.25, 0.3) is 0 Å². The second kappa shape index (κ2) is 6.00. The molecule has 0 aliphatic carbocycles. The fourth-order valence-corrected chi connectivity index (χ4v) is 2.02. The highest BCUT2D eigenvalue weighted by Crippen LogP contribution is 2.22. The summed E-state index contributed by atoms with van der Waals surface area (Å²) in [6.07, 6.45) is 0.912. The Labute approximate surface area is 121 Å². The van der Waals surface area contributed by atoms with E-state index in [2.05, 4.69) is 45.0 Å². The maximum Gasteiger partial charge on any atom is 0.119 e. The minimum Gasteiger partial charge on any atom is -0.493 e. The highest BCUT2D eigenvalue weighted by Gasteiger charge is 2.12. The summed E-state index contributed by atoms with van der Waals surface area (Å²) < 4.78 is 5.71.